The first kappa shape index (κ1) is 37.8. The Balaban J connectivity index is 1.73. The summed E-state index contributed by atoms with van der Waals surface area (Å²) in [7, 11) is 3.04. The van der Waals surface area contributed by atoms with Gasteiger partial charge < -0.3 is 28.4 Å². The maximum absolute atomic E-state index is 13.2. The van der Waals surface area contributed by atoms with Crippen LogP contribution in [0.25, 0.3) is 0 Å². The average molecular weight is 697 g/mol. The van der Waals surface area contributed by atoms with Crippen molar-refractivity contribution in [3.63, 3.8) is 0 Å². The fourth-order valence-corrected chi connectivity index (χ4v) is 5.69. The van der Waals surface area contributed by atoms with Crippen molar-refractivity contribution in [2.45, 2.75) is 59.3 Å². The van der Waals surface area contributed by atoms with E-state index in [2.05, 4.69) is 0 Å². The zero-order valence-corrected chi connectivity index (χ0v) is 29.4. The lowest BCUT2D eigenvalue weighted by atomic mass is 9.84. The Morgan fingerprint density at radius 2 is 1.04 bits per heavy atom. The summed E-state index contributed by atoms with van der Waals surface area (Å²) in [5.41, 5.74) is 3.55. The van der Waals surface area contributed by atoms with Gasteiger partial charge in [-0.1, -0.05) is 18.2 Å². The number of esters is 4. The van der Waals surface area contributed by atoms with E-state index in [-0.39, 0.29) is 18.1 Å². The zero-order chi connectivity index (χ0) is 37.1. The monoisotopic (exact) mass is 696 g/mol. The highest BCUT2D eigenvalue weighted by atomic mass is 16.5. The van der Waals surface area contributed by atoms with Gasteiger partial charge in [0.15, 0.2) is 5.78 Å². The quantitative estimate of drug-likeness (QED) is 0.0722. The Morgan fingerprint density at radius 3 is 1.59 bits per heavy atom. The first-order chi connectivity index (χ1) is 24.4. The van der Waals surface area contributed by atoms with E-state index >= 15 is 0 Å². The van der Waals surface area contributed by atoms with Gasteiger partial charge in [0.05, 0.1) is 14.2 Å². The predicted octanol–water partition coefficient (Wildman–Crippen LogP) is 6.99. The molecule has 0 saturated heterocycles. The molecule has 0 radical (unpaired) electrons. The molecule has 0 aliphatic rings. The molecule has 0 fully saturated rings. The number of Topliss-reactive ketones (excluding diaryl/α,β-unsaturated/α-hetero) is 1. The molecule has 11 nitrogen and oxygen atoms in total. The highest BCUT2D eigenvalue weighted by Gasteiger charge is 2.24. The summed E-state index contributed by atoms with van der Waals surface area (Å²) in [4.78, 5) is 60.0. The lowest BCUT2D eigenvalue weighted by molar-refractivity contribution is -0.132. The van der Waals surface area contributed by atoms with Crippen LogP contribution in [-0.4, -0.2) is 43.9 Å². The number of aryl methyl sites for hydroxylation is 2. The lowest BCUT2D eigenvalue weighted by Crippen LogP contribution is -2.11. The number of hydrogen-bond donors (Lipinski definition) is 0. The SMILES string of the molecule is COc1cc(OC(C)=O)c(C(CCc2ccc(OC(C)=O)cc2OC)c2ccc(OC(C)=O)cc2)cc1CCC(=O)c1ccc(OC(C)=O)cc1. The zero-order valence-electron chi connectivity index (χ0n) is 29.4. The number of methoxy groups -OCH3 is 2. The van der Waals surface area contributed by atoms with Gasteiger partial charge in [0, 0.05) is 63.3 Å². The van der Waals surface area contributed by atoms with Crippen LogP contribution in [0.3, 0.4) is 0 Å². The molecule has 266 valence electrons. The van der Waals surface area contributed by atoms with Crippen molar-refractivity contribution < 1.29 is 52.4 Å². The van der Waals surface area contributed by atoms with Crippen LogP contribution in [0, 0.1) is 0 Å². The number of carbonyl (C=O) groups excluding carboxylic acids is 5. The summed E-state index contributed by atoms with van der Waals surface area (Å²) in [6.07, 6.45) is 1.46. The van der Waals surface area contributed by atoms with Crippen molar-refractivity contribution in [1.29, 1.82) is 0 Å². The molecule has 4 rings (SSSR count). The molecule has 4 aromatic rings. The molecule has 1 unspecified atom stereocenters. The van der Waals surface area contributed by atoms with Gasteiger partial charge in [0.1, 0.15) is 34.5 Å². The minimum atomic E-state index is -0.523. The second-order valence-corrected chi connectivity index (χ2v) is 11.7. The minimum Gasteiger partial charge on any atom is -0.496 e. The van der Waals surface area contributed by atoms with Gasteiger partial charge >= 0.3 is 23.9 Å². The molecule has 51 heavy (non-hydrogen) atoms. The Hall–Kier alpha value is -5.97. The van der Waals surface area contributed by atoms with E-state index in [1.807, 2.05) is 24.3 Å². The molecular formula is C40H40O11. The van der Waals surface area contributed by atoms with Crippen molar-refractivity contribution >= 4 is 29.7 Å². The molecular weight excluding hydrogens is 656 g/mol. The summed E-state index contributed by atoms with van der Waals surface area (Å²) in [5, 5.41) is 0. The van der Waals surface area contributed by atoms with E-state index < -0.39 is 23.9 Å². The van der Waals surface area contributed by atoms with Gasteiger partial charge in [0.2, 0.25) is 0 Å². The van der Waals surface area contributed by atoms with E-state index in [4.69, 9.17) is 28.4 Å². The predicted molar refractivity (Wildman–Crippen MR) is 187 cm³/mol. The first-order valence-corrected chi connectivity index (χ1v) is 16.2. The van der Waals surface area contributed by atoms with Crippen LogP contribution in [0.5, 0.6) is 34.5 Å². The fraction of sp³-hybridized carbons (Fsp3) is 0.275. The molecule has 4 aromatic carbocycles. The van der Waals surface area contributed by atoms with Gasteiger partial charge in [0.25, 0.3) is 0 Å². The van der Waals surface area contributed by atoms with Crippen LogP contribution >= 0.6 is 0 Å². The lowest BCUT2D eigenvalue weighted by Gasteiger charge is -2.24. The molecule has 0 bridgehead atoms. The van der Waals surface area contributed by atoms with E-state index in [1.54, 1.807) is 54.6 Å². The maximum Gasteiger partial charge on any atom is 0.308 e. The Morgan fingerprint density at radius 1 is 0.529 bits per heavy atom. The summed E-state index contributed by atoms with van der Waals surface area (Å²) >= 11 is 0. The molecule has 0 N–H and O–H groups in total. The third-order valence-corrected chi connectivity index (χ3v) is 7.87. The normalized spacial score (nSPS) is 11.2. The molecule has 0 amide bonds. The molecule has 0 aliphatic heterocycles. The Bertz CT molecular complexity index is 1890. The minimum absolute atomic E-state index is 0.126. The number of benzene rings is 4. The second-order valence-electron chi connectivity index (χ2n) is 11.7. The van der Waals surface area contributed by atoms with Crippen LogP contribution in [-0.2, 0) is 32.0 Å². The molecule has 0 aromatic heterocycles. The molecule has 0 saturated carbocycles. The van der Waals surface area contributed by atoms with Crippen molar-refractivity contribution in [2.24, 2.45) is 0 Å². The number of ether oxygens (including phenoxy) is 6. The van der Waals surface area contributed by atoms with E-state index in [0.717, 1.165) is 16.7 Å². The van der Waals surface area contributed by atoms with Gasteiger partial charge in [-0.3, -0.25) is 24.0 Å². The standard InChI is InChI=1S/C40H40O11/c1-24(41)48-32-14-7-28(8-15-32)35(19-12-30-11-18-34(50-26(3)43)22-38(30)46-5)36-21-31(39(47-6)23-40(36)51-27(4)44)13-20-37(45)29-9-16-33(17-10-29)49-25(2)42/h7-11,14-18,21-23,35H,12-13,19-20H2,1-6H3. The van der Waals surface area contributed by atoms with E-state index in [9.17, 15) is 24.0 Å². The number of carbonyl (C=O) groups is 5. The van der Waals surface area contributed by atoms with E-state index in [1.165, 1.54) is 41.9 Å². The van der Waals surface area contributed by atoms with E-state index in [0.29, 0.717) is 64.9 Å². The Labute approximate surface area is 296 Å². The fourth-order valence-electron chi connectivity index (χ4n) is 5.69. The van der Waals surface area contributed by atoms with Crippen molar-refractivity contribution in [3.8, 4) is 34.5 Å². The number of ketones is 1. The highest BCUT2D eigenvalue weighted by Crippen LogP contribution is 2.41. The Kier molecular flexibility index (Phi) is 13.1. The molecule has 11 heteroatoms. The summed E-state index contributed by atoms with van der Waals surface area (Å²) in [6, 6.07) is 22.1. The summed E-state index contributed by atoms with van der Waals surface area (Å²) < 4.78 is 32.6. The maximum atomic E-state index is 13.2. The smallest absolute Gasteiger partial charge is 0.308 e. The van der Waals surface area contributed by atoms with Crippen molar-refractivity contribution in [1.82, 2.24) is 0 Å². The van der Waals surface area contributed by atoms with Crippen molar-refractivity contribution in [2.75, 3.05) is 14.2 Å². The topological polar surface area (TPSA) is 141 Å². The third-order valence-electron chi connectivity index (χ3n) is 7.87. The average Bonchev–Trinajstić information content (AvgIpc) is 3.08. The molecule has 1 atom stereocenters. The second kappa shape index (κ2) is 17.6. The largest absolute Gasteiger partial charge is 0.496 e. The van der Waals surface area contributed by atoms with Gasteiger partial charge in [-0.2, -0.15) is 0 Å². The van der Waals surface area contributed by atoms with Gasteiger partial charge in [-0.05, 0) is 84.5 Å². The van der Waals surface area contributed by atoms with Crippen LogP contribution in [0.1, 0.15) is 79.1 Å². The highest BCUT2D eigenvalue weighted by molar-refractivity contribution is 5.96. The summed E-state index contributed by atoms with van der Waals surface area (Å²) in [6.45, 7) is 5.26. The molecule has 0 aliphatic carbocycles. The van der Waals surface area contributed by atoms with Crippen LogP contribution in [0.2, 0.25) is 0 Å². The van der Waals surface area contributed by atoms with Gasteiger partial charge in [-0.25, -0.2) is 0 Å². The van der Waals surface area contributed by atoms with Crippen LogP contribution in [0.4, 0.5) is 0 Å². The first-order valence-electron chi connectivity index (χ1n) is 16.2. The van der Waals surface area contributed by atoms with Crippen LogP contribution in [0.15, 0.2) is 78.9 Å². The number of rotatable bonds is 15. The molecule has 0 spiro atoms. The van der Waals surface area contributed by atoms with Crippen molar-refractivity contribution in [3.05, 3.63) is 107 Å². The van der Waals surface area contributed by atoms with Gasteiger partial charge in [-0.15, -0.1) is 0 Å². The summed E-state index contributed by atoms with van der Waals surface area (Å²) in [5.74, 6) is -0.0173. The van der Waals surface area contributed by atoms with Crippen LogP contribution < -0.4 is 28.4 Å². The number of hydrogen-bond acceptors (Lipinski definition) is 11. The third kappa shape index (κ3) is 10.8. The molecule has 0 heterocycles.